The number of carbonyl (C=O) groups excluding carboxylic acids is 1. The van der Waals surface area contributed by atoms with Crippen LogP contribution in [0.15, 0.2) is 77.7 Å². The average Bonchev–Trinajstić information content (AvgIpc) is 3.28. The third kappa shape index (κ3) is 6.20. The molecule has 0 saturated heterocycles. The number of thiazole rings is 1. The number of aromatic nitrogens is 1. The highest BCUT2D eigenvalue weighted by molar-refractivity contribution is 7.91. The number of sulfone groups is 1. The van der Waals surface area contributed by atoms with Gasteiger partial charge in [-0.1, -0.05) is 59.3 Å². The Bertz CT molecular complexity index is 1400. The van der Waals surface area contributed by atoms with Crippen LogP contribution in [0, 0.1) is 0 Å². The monoisotopic (exact) mass is 528 g/mol. The Kier molecular flexibility index (Phi) is 8.05. The second kappa shape index (κ2) is 11.2. The molecule has 0 bridgehead atoms. The minimum Gasteiger partial charge on any atom is -0.492 e. The first-order valence-corrected chi connectivity index (χ1v) is 14.1. The molecule has 0 atom stereocenters. The zero-order valence-corrected chi connectivity index (χ0v) is 21.6. The van der Waals surface area contributed by atoms with Crippen LogP contribution in [0.5, 0.6) is 5.75 Å². The SMILES string of the molecule is CCOc1cccc2sc(N(Cc3ccccc3)C(=O)CCCS(=O)(=O)c3ccc(Cl)cc3)nc12. The molecule has 0 unspecified atom stereocenters. The third-order valence-electron chi connectivity index (χ3n) is 5.36. The molecule has 0 radical (unpaired) electrons. The van der Waals surface area contributed by atoms with Gasteiger partial charge in [-0.3, -0.25) is 9.69 Å². The fourth-order valence-corrected chi connectivity index (χ4v) is 6.07. The van der Waals surface area contributed by atoms with Gasteiger partial charge in [-0.25, -0.2) is 13.4 Å². The number of hydrogen-bond donors (Lipinski definition) is 0. The summed E-state index contributed by atoms with van der Waals surface area (Å²) in [5.74, 6) is 0.360. The van der Waals surface area contributed by atoms with Gasteiger partial charge in [0.1, 0.15) is 11.3 Å². The standard InChI is InChI=1S/C26H25ClN2O4S2/c1-2-33-22-10-6-11-23-25(22)28-26(34-23)29(18-19-8-4-3-5-9-19)24(30)12-7-17-35(31,32)21-15-13-20(27)14-16-21/h3-6,8-11,13-16H,2,7,12,17-18H2,1H3. The van der Waals surface area contributed by atoms with Crippen molar-refractivity contribution in [2.24, 2.45) is 0 Å². The molecule has 0 aliphatic heterocycles. The van der Waals surface area contributed by atoms with E-state index in [2.05, 4.69) is 0 Å². The number of carbonyl (C=O) groups is 1. The van der Waals surface area contributed by atoms with Gasteiger partial charge in [0.25, 0.3) is 0 Å². The topological polar surface area (TPSA) is 76.6 Å². The predicted molar refractivity (Wildman–Crippen MR) is 141 cm³/mol. The highest BCUT2D eigenvalue weighted by Gasteiger charge is 2.22. The second-order valence-electron chi connectivity index (χ2n) is 7.87. The third-order valence-corrected chi connectivity index (χ3v) is 8.47. The van der Waals surface area contributed by atoms with Crippen molar-refractivity contribution in [3.8, 4) is 5.75 Å². The Morgan fingerprint density at radius 1 is 1.03 bits per heavy atom. The molecule has 4 rings (SSSR count). The number of nitrogens with zero attached hydrogens (tertiary/aromatic N) is 2. The van der Waals surface area contributed by atoms with E-state index in [1.807, 2.05) is 55.5 Å². The summed E-state index contributed by atoms with van der Waals surface area (Å²) in [6.07, 6.45) is 0.276. The van der Waals surface area contributed by atoms with Crippen molar-refractivity contribution in [2.45, 2.75) is 31.2 Å². The summed E-state index contributed by atoms with van der Waals surface area (Å²) < 4.78 is 32.0. The molecule has 0 aliphatic rings. The van der Waals surface area contributed by atoms with Crippen LogP contribution in [0.2, 0.25) is 5.02 Å². The number of hydrogen-bond acceptors (Lipinski definition) is 6. The quantitative estimate of drug-likeness (QED) is 0.247. The van der Waals surface area contributed by atoms with Gasteiger partial charge >= 0.3 is 0 Å². The molecule has 0 saturated carbocycles. The number of benzene rings is 3. The summed E-state index contributed by atoms with van der Waals surface area (Å²) in [4.78, 5) is 19.9. The van der Waals surface area contributed by atoms with Gasteiger partial charge in [0.05, 0.1) is 28.5 Å². The molecular weight excluding hydrogens is 504 g/mol. The van der Waals surface area contributed by atoms with E-state index in [4.69, 9.17) is 21.3 Å². The minimum atomic E-state index is -3.51. The van der Waals surface area contributed by atoms with Crippen LogP contribution in [0.1, 0.15) is 25.3 Å². The molecule has 0 spiro atoms. The highest BCUT2D eigenvalue weighted by Crippen LogP contribution is 2.35. The van der Waals surface area contributed by atoms with E-state index < -0.39 is 9.84 Å². The van der Waals surface area contributed by atoms with E-state index in [9.17, 15) is 13.2 Å². The van der Waals surface area contributed by atoms with Crippen molar-refractivity contribution in [2.75, 3.05) is 17.3 Å². The molecule has 35 heavy (non-hydrogen) atoms. The lowest BCUT2D eigenvalue weighted by Crippen LogP contribution is -2.30. The number of fused-ring (bicyclic) bond motifs is 1. The smallest absolute Gasteiger partial charge is 0.229 e. The lowest BCUT2D eigenvalue weighted by Gasteiger charge is -2.20. The molecule has 6 nitrogen and oxygen atoms in total. The Morgan fingerprint density at radius 3 is 2.49 bits per heavy atom. The van der Waals surface area contributed by atoms with Gasteiger partial charge in [-0.05, 0) is 55.3 Å². The maximum Gasteiger partial charge on any atom is 0.229 e. The van der Waals surface area contributed by atoms with E-state index in [1.165, 1.54) is 23.5 Å². The van der Waals surface area contributed by atoms with Crippen LogP contribution in [-0.2, 0) is 21.2 Å². The van der Waals surface area contributed by atoms with Crippen molar-refractivity contribution in [1.29, 1.82) is 0 Å². The zero-order chi connectivity index (χ0) is 24.8. The normalized spacial score (nSPS) is 11.5. The largest absolute Gasteiger partial charge is 0.492 e. The highest BCUT2D eigenvalue weighted by atomic mass is 35.5. The Morgan fingerprint density at radius 2 is 1.77 bits per heavy atom. The van der Waals surface area contributed by atoms with E-state index >= 15 is 0 Å². The van der Waals surface area contributed by atoms with Crippen molar-refractivity contribution < 1.29 is 17.9 Å². The van der Waals surface area contributed by atoms with E-state index in [0.717, 1.165) is 10.3 Å². The first-order chi connectivity index (χ1) is 16.9. The average molecular weight is 529 g/mol. The summed E-state index contributed by atoms with van der Waals surface area (Å²) in [6, 6.07) is 21.4. The van der Waals surface area contributed by atoms with Gasteiger partial charge in [0.15, 0.2) is 15.0 Å². The molecular formula is C26H25ClN2O4S2. The Labute approximate surface area is 214 Å². The molecule has 3 aromatic carbocycles. The van der Waals surface area contributed by atoms with E-state index in [0.29, 0.717) is 34.6 Å². The molecule has 4 aromatic rings. The summed E-state index contributed by atoms with van der Waals surface area (Å²) in [5.41, 5.74) is 1.67. The summed E-state index contributed by atoms with van der Waals surface area (Å²) >= 11 is 7.28. The van der Waals surface area contributed by atoms with Crippen LogP contribution < -0.4 is 9.64 Å². The number of ether oxygens (including phenoxy) is 1. The first-order valence-electron chi connectivity index (χ1n) is 11.2. The lowest BCUT2D eigenvalue weighted by molar-refractivity contribution is -0.118. The summed E-state index contributed by atoms with van der Waals surface area (Å²) in [6.45, 7) is 2.77. The van der Waals surface area contributed by atoms with E-state index in [1.54, 1.807) is 17.0 Å². The summed E-state index contributed by atoms with van der Waals surface area (Å²) in [7, 11) is -3.51. The van der Waals surface area contributed by atoms with Crippen LogP contribution in [-0.4, -0.2) is 31.7 Å². The number of rotatable bonds is 10. The van der Waals surface area contributed by atoms with Gasteiger partial charge < -0.3 is 4.74 Å². The van der Waals surface area contributed by atoms with Crippen molar-refractivity contribution >= 4 is 54.0 Å². The van der Waals surface area contributed by atoms with Gasteiger partial charge in [-0.15, -0.1) is 0 Å². The molecule has 0 fully saturated rings. The van der Waals surface area contributed by atoms with Crippen molar-refractivity contribution in [1.82, 2.24) is 4.98 Å². The Balaban J connectivity index is 1.55. The summed E-state index contributed by atoms with van der Waals surface area (Å²) in [5, 5.41) is 1.03. The fourth-order valence-electron chi connectivity index (χ4n) is 3.64. The number of para-hydroxylation sites is 1. The molecule has 1 aromatic heterocycles. The minimum absolute atomic E-state index is 0.0773. The predicted octanol–water partition coefficient (Wildman–Crippen LogP) is 6.14. The van der Waals surface area contributed by atoms with Crippen LogP contribution in [0.4, 0.5) is 5.13 Å². The second-order valence-corrected chi connectivity index (χ2v) is 11.4. The van der Waals surface area contributed by atoms with E-state index in [-0.39, 0.29) is 29.4 Å². The molecule has 1 heterocycles. The zero-order valence-electron chi connectivity index (χ0n) is 19.2. The number of amides is 1. The first kappa shape index (κ1) is 25.2. The molecule has 182 valence electrons. The van der Waals surface area contributed by atoms with Gasteiger partial charge in [0.2, 0.25) is 5.91 Å². The lowest BCUT2D eigenvalue weighted by atomic mass is 10.2. The molecule has 0 N–H and O–H groups in total. The van der Waals surface area contributed by atoms with Crippen LogP contribution >= 0.6 is 22.9 Å². The van der Waals surface area contributed by atoms with Crippen LogP contribution in [0.25, 0.3) is 10.2 Å². The molecule has 0 aliphatic carbocycles. The molecule has 9 heteroatoms. The number of halogens is 1. The Hall–Kier alpha value is -2.94. The van der Waals surface area contributed by atoms with Crippen LogP contribution in [0.3, 0.4) is 0 Å². The van der Waals surface area contributed by atoms with Gasteiger partial charge in [-0.2, -0.15) is 0 Å². The maximum absolute atomic E-state index is 13.4. The number of anilines is 1. The maximum atomic E-state index is 13.4. The van der Waals surface area contributed by atoms with Crippen molar-refractivity contribution in [3.05, 3.63) is 83.4 Å². The van der Waals surface area contributed by atoms with Gasteiger partial charge in [0, 0.05) is 11.4 Å². The molecule has 1 amide bonds. The fraction of sp³-hybridized carbons (Fsp3) is 0.231. The van der Waals surface area contributed by atoms with Crippen molar-refractivity contribution in [3.63, 3.8) is 0 Å².